The molecule has 0 unspecified atom stereocenters. The van der Waals surface area contributed by atoms with Crippen molar-refractivity contribution >= 4 is 32.5 Å². The zero-order chi connectivity index (χ0) is 28.2. The van der Waals surface area contributed by atoms with Gasteiger partial charge in [0.25, 0.3) is 5.91 Å². The van der Waals surface area contributed by atoms with Gasteiger partial charge in [0.05, 0.1) is 17.0 Å². The number of sulfonamides is 1. The third kappa shape index (κ3) is 6.97. The number of anilines is 1. The predicted octanol–water partition coefficient (Wildman–Crippen LogP) is 3.50. The molecule has 39 heavy (non-hydrogen) atoms. The SMILES string of the molecule is CC(C)CN(C[C@@H](O)[C@H](Cc1ccccc1)NC(=O)c1cc2ccc(O)cc2[nH]1)S(=O)(=O)c1ccc(N)cc1. The average molecular weight is 551 g/mol. The van der Waals surface area contributed by atoms with Crippen molar-refractivity contribution in [1.29, 1.82) is 0 Å². The number of hydrogen-bond donors (Lipinski definition) is 5. The Morgan fingerprint density at radius 3 is 2.36 bits per heavy atom. The second-order valence-electron chi connectivity index (χ2n) is 10.1. The number of phenolic OH excluding ortho intramolecular Hbond substituents is 1. The van der Waals surface area contributed by atoms with Crippen molar-refractivity contribution in [2.45, 2.75) is 37.3 Å². The summed E-state index contributed by atoms with van der Waals surface area (Å²) in [4.78, 5) is 16.3. The summed E-state index contributed by atoms with van der Waals surface area (Å²) >= 11 is 0. The van der Waals surface area contributed by atoms with Crippen LogP contribution in [0.25, 0.3) is 10.9 Å². The van der Waals surface area contributed by atoms with Gasteiger partial charge in [-0.05, 0) is 60.4 Å². The molecule has 1 aromatic heterocycles. The molecule has 0 radical (unpaired) electrons. The standard InChI is InChI=1S/C29H34N4O5S/c1-19(2)17-33(39(37,38)24-12-9-22(30)10-13-24)18-28(35)26(14-20-6-4-3-5-7-20)32-29(36)27-15-21-8-11-23(34)16-25(21)31-27/h3-13,15-16,19,26,28,31,34-35H,14,17-18,30H2,1-2H3,(H,32,36)/t26-,28+/m0/s1. The Morgan fingerprint density at radius 1 is 1.00 bits per heavy atom. The van der Waals surface area contributed by atoms with E-state index in [0.717, 1.165) is 10.9 Å². The summed E-state index contributed by atoms with van der Waals surface area (Å²) in [5, 5.41) is 24.8. The normalized spacial score (nSPS) is 13.6. The number of nitrogen functional groups attached to an aromatic ring is 1. The van der Waals surface area contributed by atoms with Gasteiger partial charge in [-0.2, -0.15) is 4.31 Å². The number of aromatic nitrogens is 1. The molecule has 10 heteroatoms. The van der Waals surface area contributed by atoms with Gasteiger partial charge in [0, 0.05) is 35.7 Å². The number of aromatic hydroxyl groups is 1. The zero-order valence-electron chi connectivity index (χ0n) is 21.9. The van der Waals surface area contributed by atoms with Crippen LogP contribution in [-0.2, 0) is 16.4 Å². The van der Waals surface area contributed by atoms with Gasteiger partial charge in [0.15, 0.2) is 0 Å². The Balaban J connectivity index is 1.61. The Hall–Kier alpha value is -3.86. The number of rotatable bonds is 11. The highest BCUT2D eigenvalue weighted by Gasteiger charge is 2.31. The van der Waals surface area contributed by atoms with Crippen molar-refractivity contribution < 1.29 is 23.4 Å². The van der Waals surface area contributed by atoms with Crippen molar-refractivity contribution in [2.24, 2.45) is 5.92 Å². The minimum absolute atomic E-state index is 0.00862. The number of nitrogens with zero attached hydrogens (tertiary/aromatic N) is 1. The van der Waals surface area contributed by atoms with Crippen LogP contribution in [0.1, 0.15) is 29.9 Å². The molecular weight excluding hydrogens is 516 g/mol. The van der Waals surface area contributed by atoms with Gasteiger partial charge < -0.3 is 26.2 Å². The van der Waals surface area contributed by atoms with Crippen LogP contribution in [0, 0.1) is 5.92 Å². The van der Waals surface area contributed by atoms with E-state index in [9.17, 15) is 23.4 Å². The monoisotopic (exact) mass is 550 g/mol. The smallest absolute Gasteiger partial charge is 0.268 e. The van der Waals surface area contributed by atoms with E-state index < -0.39 is 28.1 Å². The van der Waals surface area contributed by atoms with Gasteiger partial charge in [-0.3, -0.25) is 4.79 Å². The number of nitrogens with one attached hydrogen (secondary N) is 2. The molecule has 0 saturated heterocycles. The predicted molar refractivity (Wildman–Crippen MR) is 152 cm³/mol. The summed E-state index contributed by atoms with van der Waals surface area (Å²) in [6.07, 6.45) is -0.934. The molecule has 3 aromatic carbocycles. The second kappa shape index (κ2) is 11.9. The molecule has 4 aromatic rings. The Labute approximate surface area is 228 Å². The first-order chi connectivity index (χ1) is 18.5. The molecule has 2 atom stereocenters. The third-order valence-electron chi connectivity index (χ3n) is 6.41. The fourth-order valence-electron chi connectivity index (χ4n) is 4.44. The topological polar surface area (TPSA) is 149 Å². The Bertz CT molecular complexity index is 1520. The lowest BCUT2D eigenvalue weighted by Gasteiger charge is -2.30. The first-order valence-corrected chi connectivity index (χ1v) is 14.2. The molecule has 6 N–H and O–H groups in total. The van der Waals surface area contributed by atoms with E-state index in [2.05, 4.69) is 10.3 Å². The van der Waals surface area contributed by atoms with E-state index in [1.807, 2.05) is 44.2 Å². The lowest BCUT2D eigenvalue weighted by atomic mass is 10.0. The van der Waals surface area contributed by atoms with Crippen LogP contribution in [0.2, 0.25) is 0 Å². The van der Waals surface area contributed by atoms with Gasteiger partial charge in [-0.1, -0.05) is 44.2 Å². The van der Waals surface area contributed by atoms with E-state index in [0.29, 0.717) is 11.2 Å². The summed E-state index contributed by atoms with van der Waals surface area (Å²) in [7, 11) is -3.94. The van der Waals surface area contributed by atoms with E-state index in [1.54, 1.807) is 12.1 Å². The zero-order valence-corrected chi connectivity index (χ0v) is 22.7. The summed E-state index contributed by atoms with van der Waals surface area (Å²) in [6.45, 7) is 3.76. The molecular formula is C29H34N4O5S. The number of carbonyl (C=O) groups excluding carboxylic acids is 1. The number of aromatic amines is 1. The van der Waals surface area contributed by atoms with Crippen molar-refractivity contribution in [3.63, 3.8) is 0 Å². The van der Waals surface area contributed by atoms with Crippen LogP contribution >= 0.6 is 0 Å². The number of fused-ring (bicyclic) bond motifs is 1. The summed E-state index contributed by atoms with van der Waals surface area (Å²) in [6, 6.07) is 20.9. The first-order valence-electron chi connectivity index (χ1n) is 12.7. The number of hydrogen-bond acceptors (Lipinski definition) is 6. The highest BCUT2D eigenvalue weighted by Crippen LogP contribution is 2.22. The number of benzene rings is 3. The van der Waals surface area contributed by atoms with Crippen LogP contribution in [-0.4, -0.2) is 59.1 Å². The maximum Gasteiger partial charge on any atom is 0.268 e. The fourth-order valence-corrected chi connectivity index (χ4v) is 6.06. The molecule has 1 amide bonds. The Kier molecular flexibility index (Phi) is 8.59. The van der Waals surface area contributed by atoms with Crippen LogP contribution in [0.3, 0.4) is 0 Å². The lowest BCUT2D eigenvalue weighted by Crippen LogP contribution is -2.51. The van der Waals surface area contributed by atoms with Crippen LogP contribution in [0.5, 0.6) is 5.75 Å². The van der Waals surface area contributed by atoms with Crippen LogP contribution in [0.15, 0.2) is 83.8 Å². The van der Waals surface area contributed by atoms with Crippen molar-refractivity contribution in [3.8, 4) is 5.75 Å². The summed E-state index contributed by atoms with van der Waals surface area (Å²) < 4.78 is 28.3. The molecule has 0 aliphatic heterocycles. The van der Waals surface area contributed by atoms with Gasteiger partial charge in [0.2, 0.25) is 10.0 Å². The molecule has 1 heterocycles. The van der Waals surface area contributed by atoms with E-state index >= 15 is 0 Å². The molecule has 0 aliphatic rings. The second-order valence-corrected chi connectivity index (χ2v) is 12.0. The van der Waals surface area contributed by atoms with E-state index in [4.69, 9.17) is 5.73 Å². The maximum absolute atomic E-state index is 13.5. The minimum Gasteiger partial charge on any atom is -0.508 e. The lowest BCUT2D eigenvalue weighted by molar-refractivity contribution is 0.0772. The number of nitrogens with two attached hydrogens (primary N) is 1. The molecule has 0 saturated carbocycles. The molecule has 4 rings (SSSR count). The molecule has 9 nitrogen and oxygen atoms in total. The van der Waals surface area contributed by atoms with Crippen LogP contribution in [0.4, 0.5) is 5.69 Å². The number of amides is 1. The summed E-state index contributed by atoms with van der Waals surface area (Å²) in [5.41, 5.74) is 7.92. The molecule has 206 valence electrons. The quantitative estimate of drug-likeness (QED) is 0.181. The Morgan fingerprint density at radius 2 is 1.69 bits per heavy atom. The van der Waals surface area contributed by atoms with E-state index in [1.165, 1.54) is 40.7 Å². The number of aliphatic hydroxyl groups is 1. The number of phenols is 1. The number of carbonyl (C=O) groups is 1. The highest BCUT2D eigenvalue weighted by atomic mass is 32.2. The fraction of sp³-hybridized carbons (Fsp3) is 0.276. The van der Waals surface area contributed by atoms with Gasteiger partial charge in [-0.25, -0.2) is 8.42 Å². The van der Waals surface area contributed by atoms with Gasteiger partial charge in [0.1, 0.15) is 11.4 Å². The van der Waals surface area contributed by atoms with Crippen LogP contribution < -0.4 is 11.1 Å². The van der Waals surface area contributed by atoms with Gasteiger partial charge >= 0.3 is 0 Å². The van der Waals surface area contributed by atoms with E-state index in [-0.39, 0.29) is 41.8 Å². The van der Waals surface area contributed by atoms with Gasteiger partial charge in [-0.15, -0.1) is 0 Å². The largest absolute Gasteiger partial charge is 0.508 e. The summed E-state index contributed by atoms with van der Waals surface area (Å²) in [5.74, 6) is -0.394. The molecule has 0 fully saturated rings. The maximum atomic E-state index is 13.5. The first kappa shape index (κ1) is 28.2. The van der Waals surface area contributed by atoms with Crippen molar-refractivity contribution in [3.05, 3.63) is 90.1 Å². The average Bonchev–Trinajstić information content (AvgIpc) is 3.32. The number of H-pyrrole nitrogens is 1. The third-order valence-corrected chi connectivity index (χ3v) is 8.25. The molecule has 0 aliphatic carbocycles. The van der Waals surface area contributed by atoms with Crippen molar-refractivity contribution in [2.75, 3.05) is 18.8 Å². The molecule has 0 bridgehead atoms. The molecule has 0 spiro atoms. The van der Waals surface area contributed by atoms with Crippen molar-refractivity contribution in [1.82, 2.24) is 14.6 Å². The highest BCUT2D eigenvalue weighted by molar-refractivity contribution is 7.89. The number of aliphatic hydroxyl groups excluding tert-OH is 1. The minimum atomic E-state index is -3.94.